The molecule has 7 nitrogen and oxygen atoms in total. The smallest absolute Gasteiger partial charge is 0.338 e. The molecule has 1 aliphatic heterocycles. The standard InChI is InChI=1S/C21H21BrN2O5/c22-18-11-17(29-24-18)14-28-20(26)21(23,12-15-7-3-1-4-8-15)19(25)27-13-16-9-5-2-6-10-16/h1-10,17H,11-14,23H2. The molecule has 2 unspecified atom stereocenters. The lowest BCUT2D eigenvalue weighted by atomic mass is 9.92. The third-order valence-corrected chi connectivity index (χ3v) is 4.83. The molecule has 29 heavy (non-hydrogen) atoms. The van der Waals surface area contributed by atoms with Crippen molar-refractivity contribution in [3.8, 4) is 0 Å². The van der Waals surface area contributed by atoms with Gasteiger partial charge in [0.2, 0.25) is 5.54 Å². The molecule has 3 rings (SSSR count). The van der Waals surface area contributed by atoms with Gasteiger partial charge in [-0.1, -0.05) is 65.8 Å². The van der Waals surface area contributed by atoms with Crippen LogP contribution in [-0.4, -0.2) is 34.8 Å². The van der Waals surface area contributed by atoms with E-state index in [9.17, 15) is 9.59 Å². The maximum absolute atomic E-state index is 12.8. The SMILES string of the molecule is NC(Cc1ccccc1)(C(=O)OCc1ccccc1)C(=O)OCC1CC(Br)=NO1. The van der Waals surface area contributed by atoms with Gasteiger partial charge < -0.3 is 20.0 Å². The molecule has 2 aromatic carbocycles. The number of rotatable bonds is 8. The molecule has 2 N–H and O–H groups in total. The largest absolute Gasteiger partial charge is 0.460 e. The fourth-order valence-electron chi connectivity index (χ4n) is 2.78. The minimum Gasteiger partial charge on any atom is -0.460 e. The molecule has 0 amide bonds. The number of ether oxygens (including phenoxy) is 2. The van der Waals surface area contributed by atoms with Crippen molar-refractivity contribution < 1.29 is 23.9 Å². The molecule has 2 atom stereocenters. The summed E-state index contributed by atoms with van der Waals surface area (Å²) in [4.78, 5) is 30.7. The molecule has 0 fully saturated rings. The number of esters is 2. The number of hydrogen-bond acceptors (Lipinski definition) is 7. The quantitative estimate of drug-likeness (QED) is 0.480. The van der Waals surface area contributed by atoms with Crippen molar-refractivity contribution in [2.24, 2.45) is 10.9 Å². The second-order valence-electron chi connectivity index (χ2n) is 6.69. The zero-order chi connectivity index (χ0) is 20.7. The Morgan fingerprint density at radius 2 is 1.62 bits per heavy atom. The Kier molecular flexibility index (Phi) is 7.00. The number of oxime groups is 1. The van der Waals surface area contributed by atoms with Crippen molar-refractivity contribution in [3.63, 3.8) is 0 Å². The minimum absolute atomic E-state index is 0.00716. The van der Waals surface area contributed by atoms with Crippen LogP contribution in [0.25, 0.3) is 0 Å². The summed E-state index contributed by atoms with van der Waals surface area (Å²) in [6.45, 7) is -0.0651. The minimum atomic E-state index is -1.98. The van der Waals surface area contributed by atoms with Crippen LogP contribution in [0.2, 0.25) is 0 Å². The van der Waals surface area contributed by atoms with E-state index in [0.717, 1.165) is 5.56 Å². The molecule has 1 aliphatic rings. The van der Waals surface area contributed by atoms with Gasteiger partial charge in [0.25, 0.3) is 0 Å². The van der Waals surface area contributed by atoms with Crippen molar-refractivity contribution in [3.05, 3.63) is 71.8 Å². The van der Waals surface area contributed by atoms with E-state index in [2.05, 4.69) is 21.1 Å². The Balaban J connectivity index is 1.69. The van der Waals surface area contributed by atoms with Crippen molar-refractivity contribution in [1.29, 1.82) is 0 Å². The van der Waals surface area contributed by atoms with Gasteiger partial charge >= 0.3 is 11.9 Å². The van der Waals surface area contributed by atoms with Crippen LogP contribution in [0.15, 0.2) is 65.8 Å². The lowest BCUT2D eigenvalue weighted by Crippen LogP contribution is -2.58. The number of carbonyl (C=O) groups excluding carboxylic acids is 2. The first kappa shape index (κ1) is 21.0. The summed E-state index contributed by atoms with van der Waals surface area (Å²) in [7, 11) is 0. The molecule has 0 spiro atoms. The summed E-state index contributed by atoms with van der Waals surface area (Å²) >= 11 is 3.22. The highest BCUT2D eigenvalue weighted by Crippen LogP contribution is 2.19. The van der Waals surface area contributed by atoms with Crippen LogP contribution in [0, 0.1) is 0 Å². The first-order valence-electron chi connectivity index (χ1n) is 9.07. The molecule has 8 heteroatoms. The molecule has 1 heterocycles. The van der Waals surface area contributed by atoms with E-state index in [4.69, 9.17) is 20.0 Å². The van der Waals surface area contributed by atoms with Gasteiger partial charge in [0.15, 0.2) is 6.10 Å². The fraction of sp³-hybridized carbons (Fsp3) is 0.286. The van der Waals surface area contributed by atoms with Crippen LogP contribution in [-0.2, 0) is 36.9 Å². The fourth-order valence-corrected chi connectivity index (χ4v) is 3.22. The number of nitrogens with zero attached hydrogens (tertiary/aromatic N) is 1. The molecule has 0 saturated carbocycles. The number of nitrogens with two attached hydrogens (primary N) is 1. The van der Waals surface area contributed by atoms with E-state index in [0.29, 0.717) is 16.6 Å². The summed E-state index contributed by atoms with van der Waals surface area (Å²) in [5, 5.41) is 3.74. The highest BCUT2D eigenvalue weighted by Gasteiger charge is 2.46. The monoisotopic (exact) mass is 460 g/mol. The summed E-state index contributed by atoms with van der Waals surface area (Å²) < 4.78 is 11.3. The van der Waals surface area contributed by atoms with E-state index in [-0.39, 0.29) is 19.6 Å². The highest BCUT2D eigenvalue weighted by atomic mass is 79.9. The normalized spacial score (nSPS) is 17.6. The number of benzene rings is 2. The number of hydrogen-bond donors (Lipinski definition) is 1. The third kappa shape index (κ3) is 5.65. The molecule has 0 radical (unpaired) electrons. The molecular formula is C21H21BrN2O5. The van der Waals surface area contributed by atoms with Gasteiger partial charge in [-0.15, -0.1) is 0 Å². The zero-order valence-corrected chi connectivity index (χ0v) is 17.2. The van der Waals surface area contributed by atoms with Crippen LogP contribution in [0.4, 0.5) is 0 Å². The molecule has 0 bridgehead atoms. The van der Waals surface area contributed by atoms with Crippen LogP contribution in [0.3, 0.4) is 0 Å². The molecule has 152 valence electrons. The second kappa shape index (κ2) is 9.67. The van der Waals surface area contributed by atoms with E-state index in [1.54, 1.807) is 24.3 Å². The number of halogens is 1. The second-order valence-corrected chi connectivity index (χ2v) is 7.61. The van der Waals surface area contributed by atoms with Gasteiger partial charge in [0, 0.05) is 12.8 Å². The van der Waals surface area contributed by atoms with Gasteiger partial charge in [0.1, 0.15) is 17.8 Å². The van der Waals surface area contributed by atoms with Gasteiger partial charge in [-0.25, -0.2) is 9.59 Å². The average molecular weight is 461 g/mol. The van der Waals surface area contributed by atoms with Crippen LogP contribution >= 0.6 is 15.9 Å². The maximum atomic E-state index is 12.8. The van der Waals surface area contributed by atoms with E-state index >= 15 is 0 Å². The predicted molar refractivity (Wildman–Crippen MR) is 110 cm³/mol. The molecule has 2 aromatic rings. The van der Waals surface area contributed by atoms with Crippen molar-refractivity contribution in [2.45, 2.75) is 31.1 Å². The summed E-state index contributed by atoms with van der Waals surface area (Å²) in [6, 6.07) is 18.2. The Labute approximate surface area is 176 Å². The first-order valence-corrected chi connectivity index (χ1v) is 9.86. The van der Waals surface area contributed by atoms with Crippen molar-refractivity contribution in [2.75, 3.05) is 6.61 Å². The lowest BCUT2D eigenvalue weighted by molar-refractivity contribution is -0.167. The van der Waals surface area contributed by atoms with E-state index < -0.39 is 23.6 Å². The van der Waals surface area contributed by atoms with Gasteiger partial charge in [-0.05, 0) is 27.1 Å². The zero-order valence-electron chi connectivity index (χ0n) is 15.6. The average Bonchev–Trinajstić information content (AvgIpc) is 3.16. The molecule has 0 saturated heterocycles. The summed E-state index contributed by atoms with van der Waals surface area (Å²) in [5.74, 6) is -1.72. The van der Waals surface area contributed by atoms with Gasteiger partial charge in [-0.3, -0.25) is 0 Å². The first-order chi connectivity index (χ1) is 14.0. The van der Waals surface area contributed by atoms with Crippen LogP contribution in [0.5, 0.6) is 0 Å². The van der Waals surface area contributed by atoms with Gasteiger partial charge in [-0.2, -0.15) is 0 Å². The van der Waals surface area contributed by atoms with E-state index in [1.807, 2.05) is 36.4 Å². The molecule has 0 aromatic heterocycles. The molecular weight excluding hydrogens is 440 g/mol. The topological polar surface area (TPSA) is 100 Å². The number of carbonyl (C=O) groups is 2. The lowest BCUT2D eigenvalue weighted by Gasteiger charge is -2.26. The Bertz CT molecular complexity index is 875. The Hall–Kier alpha value is -2.71. The van der Waals surface area contributed by atoms with Crippen LogP contribution < -0.4 is 5.73 Å². The van der Waals surface area contributed by atoms with Gasteiger partial charge in [0.05, 0.1) is 0 Å². The summed E-state index contributed by atoms with van der Waals surface area (Å²) in [6.07, 6.45) is 0.00298. The van der Waals surface area contributed by atoms with Crippen molar-refractivity contribution >= 4 is 32.5 Å². The van der Waals surface area contributed by atoms with Crippen molar-refractivity contribution in [1.82, 2.24) is 0 Å². The highest BCUT2D eigenvalue weighted by molar-refractivity contribution is 9.18. The molecule has 0 aliphatic carbocycles. The van der Waals surface area contributed by atoms with E-state index in [1.165, 1.54) is 0 Å². The predicted octanol–water partition coefficient (Wildman–Crippen LogP) is 2.71. The Morgan fingerprint density at radius 1 is 1.03 bits per heavy atom. The maximum Gasteiger partial charge on any atom is 0.338 e. The Morgan fingerprint density at radius 3 is 2.21 bits per heavy atom. The summed E-state index contributed by atoms with van der Waals surface area (Å²) in [5.41, 5.74) is 5.79. The van der Waals surface area contributed by atoms with Crippen LogP contribution in [0.1, 0.15) is 17.5 Å². The third-order valence-electron chi connectivity index (χ3n) is 4.36.